The molecule has 1 saturated carbocycles. The molecule has 4 heteroatoms. The van der Waals surface area contributed by atoms with Gasteiger partial charge in [-0.25, -0.2) is 0 Å². The van der Waals surface area contributed by atoms with Crippen molar-refractivity contribution in [3.05, 3.63) is 11.6 Å². The van der Waals surface area contributed by atoms with Gasteiger partial charge in [0.2, 0.25) is 0 Å². The van der Waals surface area contributed by atoms with Crippen LogP contribution in [0, 0.1) is 17.8 Å². The van der Waals surface area contributed by atoms with Crippen molar-refractivity contribution in [1.29, 1.82) is 0 Å². The Morgan fingerprint density at radius 1 is 1.42 bits per heavy atom. The lowest BCUT2D eigenvalue weighted by Gasteiger charge is -2.35. The Labute approximate surface area is 114 Å². The number of carbonyl (C=O) groups is 1. The Kier molecular flexibility index (Phi) is 3.62. The third-order valence-electron chi connectivity index (χ3n) is 4.85. The molecule has 0 unspecified atom stereocenters. The van der Waals surface area contributed by atoms with Gasteiger partial charge in [-0.3, -0.25) is 4.79 Å². The van der Waals surface area contributed by atoms with Gasteiger partial charge in [0.05, 0.1) is 17.8 Å². The zero-order valence-electron chi connectivity index (χ0n) is 11.9. The summed E-state index contributed by atoms with van der Waals surface area (Å²) in [6.07, 6.45) is 3.01. The molecule has 4 nitrogen and oxygen atoms in total. The molecular formula is C15H24O4. The summed E-state index contributed by atoms with van der Waals surface area (Å²) in [5.41, 5.74) is -1.66. The molecule has 0 heterocycles. The summed E-state index contributed by atoms with van der Waals surface area (Å²) in [4.78, 5) is 12.3. The largest absolute Gasteiger partial charge is 0.393 e. The van der Waals surface area contributed by atoms with Crippen LogP contribution in [0.1, 0.15) is 40.0 Å². The molecule has 0 aromatic carbocycles. The molecule has 4 atom stereocenters. The molecule has 0 aliphatic heterocycles. The van der Waals surface area contributed by atoms with Crippen LogP contribution < -0.4 is 0 Å². The SMILES string of the molecule is CC(C)C1=C[C@H]2[C@@H](CC[C@]2(C)O)[C@](O)(CO)CC1=O. The van der Waals surface area contributed by atoms with Gasteiger partial charge in [-0.05, 0) is 37.2 Å². The number of hydrogen-bond donors (Lipinski definition) is 3. The van der Waals surface area contributed by atoms with Crippen LogP contribution >= 0.6 is 0 Å². The molecule has 108 valence electrons. The molecule has 2 aliphatic carbocycles. The van der Waals surface area contributed by atoms with E-state index < -0.39 is 17.8 Å². The average Bonchev–Trinajstić information content (AvgIpc) is 2.54. The maximum atomic E-state index is 12.3. The molecule has 0 spiro atoms. The first-order chi connectivity index (χ1) is 8.71. The quantitative estimate of drug-likeness (QED) is 0.699. The van der Waals surface area contributed by atoms with Crippen LogP contribution in [-0.2, 0) is 4.79 Å². The molecule has 2 rings (SSSR count). The molecule has 1 fully saturated rings. The minimum absolute atomic E-state index is 0.0508. The highest BCUT2D eigenvalue weighted by Crippen LogP contribution is 2.49. The first-order valence-corrected chi connectivity index (χ1v) is 7.02. The number of ketones is 1. The van der Waals surface area contributed by atoms with Gasteiger partial charge < -0.3 is 15.3 Å². The fourth-order valence-corrected chi connectivity index (χ4v) is 3.61. The van der Waals surface area contributed by atoms with Gasteiger partial charge in [-0.1, -0.05) is 19.9 Å². The summed E-state index contributed by atoms with van der Waals surface area (Å²) in [5.74, 6) is -0.580. The second-order valence-electron chi connectivity index (χ2n) is 6.67. The van der Waals surface area contributed by atoms with Crippen molar-refractivity contribution in [3.63, 3.8) is 0 Å². The van der Waals surface area contributed by atoms with Crippen LogP contribution in [0.2, 0.25) is 0 Å². The zero-order valence-corrected chi connectivity index (χ0v) is 11.9. The van der Waals surface area contributed by atoms with Crippen LogP contribution in [0.25, 0.3) is 0 Å². The van der Waals surface area contributed by atoms with Crippen molar-refractivity contribution in [1.82, 2.24) is 0 Å². The maximum absolute atomic E-state index is 12.3. The van der Waals surface area contributed by atoms with E-state index in [1.54, 1.807) is 6.92 Å². The lowest BCUT2D eigenvalue weighted by molar-refractivity contribution is -0.128. The Bertz CT molecular complexity index is 410. The Hall–Kier alpha value is -0.710. The van der Waals surface area contributed by atoms with Crippen molar-refractivity contribution >= 4 is 5.78 Å². The number of Topliss-reactive ketones (excluding diaryl/α,β-unsaturated/α-hetero) is 1. The smallest absolute Gasteiger partial charge is 0.161 e. The summed E-state index contributed by atoms with van der Waals surface area (Å²) in [6.45, 7) is 5.19. The number of aliphatic hydroxyl groups is 3. The second-order valence-corrected chi connectivity index (χ2v) is 6.67. The van der Waals surface area contributed by atoms with Gasteiger partial charge >= 0.3 is 0 Å². The molecule has 0 bridgehead atoms. The van der Waals surface area contributed by atoms with E-state index in [1.807, 2.05) is 19.9 Å². The first kappa shape index (κ1) is 14.7. The normalized spacial score (nSPS) is 43.1. The third kappa shape index (κ3) is 2.37. The number of hydrogen-bond acceptors (Lipinski definition) is 4. The fraction of sp³-hybridized carbons (Fsp3) is 0.800. The van der Waals surface area contributed by atoms with E-state index in [9.17, 15) is 20.1 Å². The van der Waals surface area contributed by atoms with Gasteiger partial charge in [0, 0.05) is 12.3 Å². The van der Waals surface area contributed by atoms with E-state index >= 15 is 0 Å². The van der Waals surface area contributed by atoms with Gasteiger partial charge in [0.1, 0.15) is 0 Å². The highest BCUT2D eigenvalue weighted by molar-refractivity contribution is 5.96. The van der Waals surface area contributed by atoms with Crippen LogP contribution in [0.3, 0.4) is 0 Å². The minimum Gasteiger partial charge on any atom is -0.393 e. The molecular weight excluding hydrogens is 244 g/mol. The molecule has 0 amide bonds. The van der Waals surface area contributed by atoms with E-state index in [4.69, 9.17) is 0 Å². The number of fused-ring (bicyclic) bond motifs is 1. The van der Waals surface area contributed by atoms with Crippen LogP contribution in [0.15, 0.2) is 11.6 Å². The van der Waals surface area contributed by atoms with Crippen molar-refractivity contribution in [2.45, 2.75) is 51.2 Å². The van der Waals surface area contributed by atoms with Gasteiger partial charge in [-0.15, -0.1) is 0 Å². The molecule has 0 radical (unpaired) electrons. The standard InChI is InChI=1S/C15H24O4/c1-9(2)10-6-12-11(4-5-14(12,3)18)15(19,8-16)7-13(10)17/h6,9,11-12,16,18-19H,4-5,7-8H2,1-3H3/t11-,12+,14+,15-/m1/s1. The number of allylic oxidation sites excluding steroid dienone is 1. The van der Waals surface area contributed by atoms with E-state index in [0.29, 0.717) is 18.4 Å². The third-order valence-corrected chi connectivity index (χ3v) is 4.85. The molecule has 3 N–H and O–H groups in total. The molecule has 0 saturated heterocycles. The predicted molar refractivity (Wildman–Crippen MR) is 71.4 cm³/mol. The predicted octanol–water partition coefficient (Wildman–Crippen LogP) is 1.04. The zero-order chi connectivity index (χ0) is 14.4. The summed E-state index contributed by atoms with van der Waals surface area (Å²) in [5, 5.41) is 30.6. The first-order valence-electron chi connectivity index (χ1n) is 7.02. The van der Waals surface area contributed by atoms with E-state index in [1.165, 1.54) is 0 Å². The van der Waals surface area contributed by atoms with Crippen molar-refractivity contribution in [2.75, 3.05) is 6.61 Å². The Balaban J connectivity index is 2.49. The van der Waals surface area contributed by atoms with E-state index in [2.05, 4.69) is 0 Å². The number of carbonyl (C=O) groups excluding carboxylic acids is 1. The Morgan fingerprint density at radius 2 is 2.05 bits per heavy atom. The van der Waals surface area contributed by atoms with Crippen LogP contribution in [0.4, 0.5) is 0 Å². The fourth-order valence-electron chi connectivity index (χ4n) is 3.61. The highest BCUT2D eigenvalue weighted by atomic mass is 16.3. The van der Waals surface area contributed by atoms with Crippen molar-refractivity contribution in [3.8, 4) is 0 Å². The van der Waals surface area contributed by atoms with Crippen LogP contribution in [-0.4, -0.2) is 38.9 Å². The van der Waals surface area contributed by atoms with E-state index in [0.717, 1.165) is 0 Å². The summed E-state index contributed by atoms with van der Waals surface area (Å²) in [6, 6.07) is 0. The number of aliphatic hydroxyl groups excluding tert-OH is 1. The maximum Gasteiger partial charge on any atom is 0.161 e. The number of rotatable bonds is 2. The topological polar surface area (TPSA) is 77.8 Å². The Morgan fingerprint density at radius 3 is 2.58 bits per heavy atom. The molecule has 0 aromatic rings. The highest BCUT2D eigenvalue weighted by Gasteiger charge is 2.54. The molecule has 0 aromatic heterocycles. The summed E-state index contributed by atoms with van der Waals surface area (Å²) >= 11 is 0. The molecule has 19 heavy (non-hydrogen) atoms. The van der Waals surface area contributed by atoms with Gasteiger partial charge in [0.25, 0.3) is 0 Å². The van der Waals surface area contributed by atoms with Crippen molar-refractivity contribution < 1.29 is 20.1 Å². The van der Waals surface area contributed by atoms with Crippen LogP contribution in [0.5, 0.6) is 0 Å². The lowest BCUT2D eigenvalue weighted by Crippen LogP contribution is -2.46. The van der Waals surface area contributed by atoms with E-state index in [-0.39, 0.29) is 30.0 Å². The summed E-state index contributed by atoms with van der Waals surface area (Å²) < 4.78 is 0. The lowest BCUT2D eigenvalue weighted by atomic mass is 9.77. The van der Waals surface area contributed by atoms with Crippen molar-refractivity contribution in [2.24, 2.45) is 17.8 Å². The summed E-state index contributed by atoms with van der Waals surface area (Å²) in [7, 11) is 0. The average molecular weight is 268 g/mol. The monoisotopic (exact) mass is 268 g/mol. The van der Waals surface area contributed by atoms with Gasteiger partial charge in [0.15, 0.2) is 5.78 Å². The minimum atomic E-state index is -1.41. The second kappa shape index (κ2) is 4.69. The van der Waals surface area contributed by atoms with Gasteiger partial charge in [-0.2, -0.15) is 0 Å². The molecule has 2 aliphatic rings.